The lowest BCUT2D eigenvalue weighted by molar-refractivity contribution is -0.118. The fraction of sp³-hybridized carbons (Fsp3) is 0.429. The smallest absolute Gasteiger partial charge is 0.226 e. The average molecular weight is 278 g/mol. The molecule has 1 saturated heterocycles. The van der Waals surface area contributed by atoms with Gasteiger partial charge < -0.3 is 15.4 Å². The molecule has 0 spiro atoms. The number of rotatable bonds is 4. The van der Waals surface area contributed by atoms with E-state index < -0.39 is 0 Å². The van der Waals surface area contributed by atoms with Crippen LogP contribution in [0.1, 0.15) is 25.7 Å². The van der Waals surface area contributed by atoms with Gasteiger partial charge in [0.1, 0.15) is 17.3 Å². The Hall–Kier alpha value is -1.62. The molecule has 2 N–H and O–H groups in total. The quantitative estimate of drug-likeness (QED) is 0.858. The highest BCUT2D eigenvalue weighted by atomic mass is 32.1. The first-order valence-electron chi connectivity index (χ1n) is 6.48. The van der Waals surface area contributed by atoms with Crippen LogP contribution < -0.4 is 15.4 Å². The summed E-state index contributed by atoms with van der Waals surface area (Å²) in [7, 11) is 0. The topological polar surface area (TPSA) is 55.6 Å². The molecular weight excluding hydrogens is 260 g/mol. The molecule has 102 valence electrons. The number of carbonyl (C=O) groups excluding carboxylic acids is 1. The van der Waals surface area contributed by atoms with Crippen molar-refractivity contribution < 1.29 is 9.53 Å². The van der Waals surface area contributed by atoms with Crippen molar-refractivity contribution in [3.05, 3.63) is 24.3 Å². The first-order valence-corrected chi connectivity index (χ1v) is 6.89. The predicted molar refractivity (Wildman–Crippen MR) is 79.5 cm³/mol. The number of hydrogen-bond donors (Lipinski definition) is 1. The van der Waals surface area contributed by atoms with Crippen LogP contribution in [0, 0.1) is 0 Å². The molecule has 0 atom stereocenters. The Bertz CT molecular complexity index is 476. The van der Waals surface area contributed by atoms with E-state index in [1.54, 1.807) is 0 Å². The van der Waals surface area contributed by atoms with Crippen molar-refractivity contribution in [1.82, 2.24) is 0 Å². The van der Waals surface area contributed by atoms with Crippen molar-refractivity contribution in [2.24, 2.45) is 5.73 Å². The first kappa shape index (κ1) is 13.8. The number of amides is 1. The Balaban J connectivity index is 2.12. The maximum Gasteiger partial charge on any atom is 0.226 e. The van der Waals surface area contributed by atoms with Crippen LogP contribution in [0.3, 0.4) is 0 Å². The molecule has 1 aromatic rings. The zero-order chi connectivity index (χ0) is 13.7. The van der Waals surface area contributed by atoms with E-state index in [1.165, 1.54) is 0 Å². The van der Waals surface area contributed by atoms with Gasteiger partial charge in [-0.15, -0.1) is 0 Å². The molecule has 2 rings (SSSR count). The van der Waals surface area contributed by atoms with Gasteiger partial charge in [-0.05, 0) is 25.0 Å². The molecule has 0 aromatic heterocycles. The Morgan fingerprint density at radius 3 is 3.00 bits per heavy atom. The molecule has 5 heteroatoms. The van der Waals surface area contributed by atoms with Crippen molar-refractivity contribution in [2.75, 3.05) is 18.1 Å². The SMILES string of the molecule is NC(=S)COc1cccc(N2CCCCCC2=O)c1. The number of anilines is 1. The normalized spacial score (nSPS) is 16.0. The number of ether oxygens (including phenoxy) is 1. The Kier molecular flexibility index (Phi) is 4.74. The van der Waals surface area contributed by atoms with Gasteiger partial charge in [-0.1, -0.05) is 24.7 Å². The molecule has 0 saturated carbocycles. The largest absolute Gasteiger partial charge is 0.486 e. The molecule has 1 amide bonds. The summed E-state index contributed by atoms with van der Waals surface area (Å²) in [6, 6.07) is 7.50. The Labute approximate surface area is 118 Å². The third-order valence-electron chi connectivity index (χ3n) is 3.08. The van der Waals surface area contributed by atoms with Crippen molar-refractivity contribution in [3.8, 4) is 5.75 Å². The van der Waals surface area contributed by atoms with E-state index in [0.717, 1.165) is 31.5 Å². The minimum Gasteiger partial charge on any atom is -0.486 e. The number of nitrogens with two attached hydrogens (primary N) is 1. The Morgan fingerprint density at radius 1 is 1.37 bits per heavy atom. The number of hydrogen-bond acceptors (Lipinski definition) is 3. The molecule has 19 heavy (non-hydrogen) atoms. The number of nitrogens with zero attached hydrogens (tertiary/aromatic N) is 1. The zero-order valence-corrected chi connectivity index (χ0v) is 11.6. The second-order valence-electron chi connectivity index (χ2n) is 4.61. The van der Waals surface area contributed by atoms with Crippen molar-refractivity contribution >= 4 is 28.8 Å². The van der Waals surface area contributed by atoms with Crippen molar-refractivity contribution in [2.45, 2.75) is 25.7 Å². The molecule has 0 unspecified atom stereocenters. The maximum absolute atomic E-state index is 12.0. The van der Waals surface area contributed by atoms with Gasteiger partial charge in [0.05, 0.1) is 0 Å². The van der Waals surface area contributed by atoms with Gasteiger partial charge >= 0.3 is 0 Å². The maximum atomic E-state index is 12.0. The molecule has 1 aliphatic heterocycles. The van der Waals surface area contributed by atoms with Gasteiger partial charge in [-0.3, -0.25) is 4.79 Å². The van der Waals surface area contributed by atoms with Gasteiger partial charge in [0.15, 0.2) is 0 Å². The first-order chi connectivity index (χ1) is 9.16. The Morgan fingerprint density at radius 2 is 2.21 bits per heavy atom. The van der Waals surface area contributed by atoms with Crippen LogP contribution in [0.4, 0.5) is 5.69 Å². The lowest BCUT2D eigenvalue weighted by Crippen LogP contribution is -2.29. The van der Waals surface area contributed by atoms with E-state index in [9.17, 15) is 4.79 Å². The van der Waals surface area contributed by atoms with Gasteiger partial charge in [0.2, 0.25) is 5.91 Å². The molecule has 1 aromatic carbocycles. The molecule has 1 aliphatic rings. The summed E-state index contributed by atoms with van der Waals surface area (Å²) < 4.78 is 5.46. The highest BCUT2D eigenvalue weighted by molar-refractivity contribution is 7.80. The second kappa shape index (κ2) is 6.52. The molecule has 0 aliphatic carbocycles. The van der Waals surface area contributed by atoms with E-state index in [0.29, 0.717) is 17.2 Å². The number of carbonyl (C=O) groups is 1. The van der Waals surface area contributed by atoms with Crippen LogP contribution in [-0.2, 0) is 4.79 Å². The second-order valence-corrected chi connectivity index (χ2v) is 5.13. The minimum atomic E-state index is 0.184. The van der Waals surface area contributed by atoms with Gasteiger partial charge in [-0.25, -0.2) is 0 Å². The van der Waals surface area contributed by atoms with Crippen LogP contribution in [-0.4, -0.2) is 24.0 Å². The van der Waals surface area contributed by atoms with E-state index in [4.69, 9.17) is 22.7 Å². The molecule has 1 fully saturated rings. The summed E-state index contributed by atoms with van der Waals surface area (Å²) in [5.41, 5.74) is 6.29. The summed E-state index contributed by atoms with van der Waals surface area (Å²) in [4.78, 5) is 14.2. The van der Waals surface area contributed by atoms with E-state index in [1.807, 2.05) is 29.2 Å². The monoisotopic (exact) mass is 278 g/mol. The summed E-state index contributed by atoms with van der Waals surface area (Å²) in [6.07, 6.45) is 3.76. The average Bonchev–Trinajstić information content (AvgIpc) is 2.61. The fourth-order valence-electron chi connectivity index (χ4n) is 2.15. The summed E-state index contributed by atoms with van der Waals surface area (Å²) >= 11 is 4.78. The predicted octanol–water partition coefficient (Wildman–Crippen LogP) is 2.26. The van der Waals surface area contributed by atoms with Gasteiger partial charge in [0.25, 0.3) is 0 Å². The van der Waals surface area contributed by atoms with E-state index in [-0.39, 0.29) is 12.5 Å². The van der Waals surface area contributed by atoms with Crippen LogP contribution >= 0.6 is 12.2 Å². The number of benzene rings is 1. The zero-order valence-electron chi connectivity index (χ0n) is 10.8. The molecular formula is C14H18N2O2S. The third kappa shape index (κ3) is 3.92. The van der Waals surface area contributed by atoms with Crippen LogP contribution in [0.25, 0.3) is 0 Å². The van der Waals surface area contributed by atoms with Crippen molar-refractivity contribution in [1.29, 1.82) is 0 Å². The molecule has 0 radical (unpaired) electrons. The summed E-state index contributed by atoms with van der Waals surface area (Å²) in [5, 5.41) is 0. The lowest BCUT2D eigenvalue weighted by atomic mass is 10.2. The molecule has 1 heterocycles. The van der Waals surface area contributed by atoms with Gasteiger partial charge in [-0.2, -0.15) is 0 Å². The standard InChI is InChI=1S/C14H18N2O2S/c15-13(19)10-18-12-6-4-5-11(9-12)16-8-3-1-2-7-14(16)17/h4-6,9H,1-3,7-8,10H2,(H2,15,19). The molecule has 4 nitrogen and oxygen atoms in total. The minimum absolute atomic E-state index is 0.184. The highest BCUT2D eigenvalue weighted by Gasteiger charge is 2.18. The van der Waals surface area contributed by atoms with Crippen LogP contribution in [0.15, 0.2) is 24.3 Å². The van der Waals surface area contributed by atoms with Crippen molar-refractivity contribution in [3.63, 3.8) is 0 Å². The van der Waals surface area contributed by atoms with Crippen LogP contribution in [0.2, 0.25) is 0 Å². The van der Waals surface area contributed by atoms with Gasteiger partial charge in [0, 0.05) is 24.7 Å². The fourth-order valence-corrected chi connectivity index (χ4v) is 2.21. The molecule has 0 bridgehead atoms. The summed E-state index contributed by atoms with van der Waals surface area (Å²) in [5.74, 6) is 0.867. The highest BCUT2D eigenvalue weighted by Crippen LogP contribution is 2.24. The van der Waals surface area contributed by atoms with E-state index >= 15 is 0 Å². The van der Waals surface area contributed by atoms with E-state index in [2.05, 4.69) is 0 Å². The third-order valence-corrected chi connectivity index (χ3v) is 3.20. The summed E-state index contributed by atoms with van der Waals surface area (Å²) in [6.45, 7) is 0.990. The number of thiocarbonyl (C=S) groups is 1. The lowest BCUT2D eigenvalue weighted by Gasteiger charge is -2.21. The van der Waals surface area contributed by atoms with Crippen LogP contribution in [0.5, 0.6) is 5.75 Å².